The first-order valence-corrected chi connectivity index (χ1v) is 8.33. The largest absolute Gasteiger partial charge is 0.497 e. The monoisotopic (exact) mass is 339 g/mol. The van der Waals surface area contributed by atoms with Gasteiger partial charge in [-0.1, -0.05) is 0 Å². The minimum Gasteiger partial charge on any atom is -0.497 e. The van der Waals surface area contributed by atoms with Crippen LogP contribution in [0.2, 0.25) is 0 Å². The number of ether oxygens (including phenoxy) is 2. The molecule has 3 heterocycles. The molecule has 0 amide bonds. The van der Waals surface area contributed by atoms with Gasteiger partial charge in [0.25, 0.3) is 0 Å². The van der Waals surface area contributed by atoms with E-state index < -0.39 is 0 Å². The summed E-state index contributed by atoms with van der Waals surface area (Å²) in [6.07, 6.45) is 5.50. The summed E-state index contributed by atoms with van der Waals surface area (Å²) < 4.78 is 10.9. The molecule has 1 aromatic carbocycles. The number of hydrogen-bond acceptors (Lipinski definition) is 5. The molecule has 1 unspecified atom stereocenters. The first-order valence-electron chi connectivity index (χ1n) is 8.33. The third-order valence-electron chi connectivity index (χ3n) is 4.46. The van der Waals surface area contributed by atoms with Gasteiger partial charge in [0.15, 0.2) is 0 Å². The number of nitrogens with zero attached hydrogens (tertiary/aromatic N) is 3. The number of nitrogens with one attached hydrogen (secondary N) is 2. The van der Waals surface area contributed by atoms with Gasteiger partial charge in [0.2, 0.25) is 0 Å². The molecule has 0 saturated carbocycles. The molecule has 1 saturated heterocycles. The molecule has 1 aliphatic rings. The molecule has 4 rings (SSSR count). The quantitative estimate of drug-likeness (QED) is 0.746. The van der Waals surface area contributed by atoms with Gasteiger partial charge in [0.05, 0.1) is 44.8 Å². The fourth-order valence-electron chi connectivity index (χ4n) is 3.08. The lowest BCUT2D eigenvalue weighted by atomic mass is 10.1. The summed E-state index contributed by atoms with van der Waals surface area (Å²) in [7, 11) is 1.67. The molecule has 0 spiro atoms. The fourth-order valence-corrected chi connectivity index (χ4v) is 3.08. The Bertz CT molecular complexity index is 797. The standard InChI is InChI=1S/C18H21N5O2/c1-24-14-4-2-13(3-5-14)15-10-21-18(22-15)16-12-25-9-8-23(16)11-17-19-6-7-20-17/h2-7,10,16H,8-9,11-12H2,1H3,(H,19,20)(H,21,22). The Morgan fingerprint density at radius 1 is 1.28 bits per heavy atom. The lowest BCUT2D eigenvalue weighted by Crippen LogP contribution is -2.39. The van der Waals surface area contributed by atoms with E-state index >= 15 is 0 Å². The zero-order chi connectivity index (χ0) is 17.1. The van der Waals surface area contributed by atoms with Crippen molar-refractivity contribution in [2.24, 2.45) is 0 Å². The Kier molecular flexibility index (Phi) is 4.49. The molecular formula is C18H21N5O2. The summed E-state index contributed by atoms with van der Waals surface area (Å²) in [6, 6.07) is 8.03. The normalized spacial score (nSPS) is 18.4. The van der Waals surface area contributed by atoms with Crippen molar-refractivity contribution in [2.45, 2.75) is 12.6 Å². The molecule has 1 aliphatic heterocycles. The number of aromatic nitrogens is 4. The Balaban J connectivity index is 1.54. The molecular weight excluding hydrogens is 318 g/mol. The van der Waals surface area contributed by atoms with Gasteiger partial charge in [-0.2, -0.15) is 0 Å². The second kappa shape index (κ2) is 7.08. The zero-order valence-corrected chi connectivity index (χ0v) is 14.1. The molecule has 0 bridgehead atoms. The van der Waals surface area contributed by atoms with Crippen LogP contribution in [0.15, 0.2) is 42.9 Å². The smallest absolute Gasteiger partial charge is 0.126 e. The van der Waals surface area contributed by atoms with Crippen molar-refractivity contribution in [3.63, 3.8) is 0 Å². The number of hydrogen-bond donors (Lipinski definition) is 2. The highest BCUT2D eigenvalue weighted by Gasteiger charge is 2.27. The maximum absolute atomic E-state index is 5.68. The number of rotatable bonds is 5. The van der Waals surface area contributed by atoms with Crippen molar-refractivity contribution >= 4 is 0 Å². The van der Waals surface area contributed by atoms with Gasteiger partial charge < -0.3 is 19.4 Å². The first kappa shape index (κ1) is 15.9. The number of methoxy groups -OCH3 is 1. The van der Waals surface area contributed by atoms with Crippen molar-refractivity contribution in [2.75, 3.05) is 26.9 Å². The number of benzene rings is 1. The van der Waals surface area contributed by atoms with Crippen LogP contribution in [0.5, 0.6) is 5.75 Å². The van der Waals surface area contributed by atoms with Gasteiger partial charge in [-0.25, -0.2) is 9.97 Å². The zero-order valence-electron chi connectivity index (χ0n) is 14.1. The fraction of sp³-hybridized carbons (Fsp3) is 0.333. The van der Waals surface area contributed by atoms with E-state index in [4.69, 9.17) is 9.47 Å². The van der Waals surface area contributed by atoms with Crippen LogP contribution >= 0.6 is 0 Å². The second-order valence-corrected chi connectivity index (χ2v) is 6.01. The average molecular weight is 339 g/mol. The minimum atomic E-state index is 0.0887. The average Bonchev–Trinajstić information content (AvgIpc) is 3.34. The summed E-state index contributed by atoms with van der Waals surface area (Å²) in [5, 5.41) is 0. The highest BCUT2D eigenvalue weighted by molar-refractivity contribution is 5.59. The topological polar surface area (TPSA) is 79.1 Å². The summed E-state index contributed by atoms with van der Waals surface area (Å²) in [5.41, 5.74) is 2.06. The van der Waals surface area contributed by atoms with Crippen LogP contribution in [0.1, 0.15) is 17.7 Å². The summed E-state index contributed by atoms with van der Waals surface area (Å²) >= 11 is 0. The molecule has 7 heteroatoms. The van der Waals surface area contributed by atoms with Crippen molar-refractivity contribution in [1.82, 2.24) is 24.8 Å². The lowest BCUT2D eigenvalue weighted by molar-refractivity contribution is -0.0166. The van der Waals surface area contributed by atoms with E-state index in [1.54, 1.807) is 13.3 Å². The highest BCUT2D eigenvalue weighted by atomic mass is 16.5. The molecule has 7 nitrogen and oxygen atoms in total. The number of aromatic amines is 2. The molecule has 2 aromatic heterocycles. The maximum Gasteiger partial charge on any atom is 0.126 e. The van der Waals surface area contributed by atoms with E-state index in [1.165, 1.54) is 0 Å². The van der Waals surface area contributed by atoms with Crippen molar-refractivity contribution < 1.29 is 9.47 Å². The third kappa shape index (κ3) is 3.42. The SMILES string of the molecule is COc1ccc(-c2cnc(C3COCCN3Cc3ncc[nH]3)[nH]2)cc1. The van der Waals surface area contributed by atoms with Crippen molar-refractivity contribution in [3.8, 4) is 17.0 Å². The lowest BCUT2D eigenvalue weighted by Gasteiger charge is -2.33. The molecule has 1 atom stereocenters. The van der Waals surface area contributed by atoms with Crippen LogP contribution in [0.3, 0.4) is 0 Å². The van der Waals surface area contributed by atoms with E-state index in [0.29, 0.717) is 6.61 Å². The Morgan fingerprint density at radius 2 is 2.16 bits per heavy atom. The number of imidazole rings is 2. The van der Waals surface area contributed by atoms with Gasteiger partial charge in [-0.3, -0.25) is 4.90 Å². The van der Waals surface area contributed by atoms with E-state index in [0.717, 1.165) is 48.4 Å². The van der Waals surface area contributed by atoms with Crippen molar-refractivity contribution in [3.05, 3.63) is 54.5 Å². The number of H-pyrrole nitrogens is 2. The van der Waals surface area contributed by atoms with Gasteiger partial charge in [-0.05, 0) is 29.8 Å². The predicted molar refractivity (Wildman–Crippen MR) is 93.1 cm³/mol. The Hall–Kier alpha value is -2.64. The van der Waals surface area contributed by atoms with Crippen LogP contribution in [0.25, 0.3) is 11.3 Å². The number of morpholine rings is 1. The van der Waals surface area contributed by atoms with E-state index in [9.17, 15) is 0 Å². The van der Waals surface area contributed by atoms with E-state index in [1.807, 2.05) is 36.7 Å². The van der Waals surface area contributed by atoms with Crippen LogP contribution in [-0.4, -0.2) is 51.7 Å². The van der Waals surface area contributed by atoms with Gasteiger partial charge in [-0.15, -0.1) is 0 Å². The van der Waals surface area contributed by atoms with E-state index in [2.05, 4.69) is 24.8 Å². The minimum absolute atomic E-state index is 0.0887. The Morgan fingerprint density at radius 3 is 2.92 bits per heavy atom. The van der Waals surface area contributed by atoms with Crippen molar-refractivity contribution in [1.29, 1.82) is 0 Å². The van der Waals surface area contributed by atoms with Crippen LogP contribution in [0.4, 0.5) is 0 Å². The third-order valence-corrected chi connectivity index (χ3v) is 4.46. The first-order chi connectivity index (χ1) is 12.3. The van der Waals surface area contributed by atoms with Gasteiger partial charge in [0, 0.05) is 18.9 Å². The second-order valence-electron chi connectivity index (χ2n) is 6.01. The molecule has 0 aliphatic carbocycles. The summed E-state index contributed by atoms with van der Waals surface area (Å²) in [5.74, 6) is 2.71. The maximum atomic E-state index is 5.68. The predicted octanol–water partition coefficient (Wildman–Crippen LogP) is 2.38. The van der Waals surface area contributed by atoms with Gasteiger partial charge >= 0.3 is 0 Å². The van der Waals surface area contributed by atoms with Crippen LogP contribution in [-0.2, 0) is 11.3 Å². The molecule has 2 N–H and O–H groups in total. The van der Waals surface area contributed by atoms with Crippen LogP contribution < -0.4 is 4.74 Å². The van der Waals surface area contributed by atoms with Gasteiger partial charge in [0.1, 0.15) is 17.4 Å². The Labute approximate surface area is 146 Å². The summed E-state index contributed by atoms with van der Waals surface area (Å²) in [4.78, 5) is 17.9. The molecule has 1 fully saturated rings. The molecule has 3 aromatic rings. The highest BCUT2D eigenvalue weighted by Crippen LogP contribution is 2.26. The molecule has 0 radical (unpaired) electrons. The van der Waals surface area contributed by atoms with Crippen LogP contribution in [0, 0.1) is 0 Å². The van der Waals surface area contributed by atoms with E-state index in [-0.39, 0.29) is 6.04 Å². The summed E-state index contributed by atoms with van der Waals surface area (Å²) in [6.45, 7) is 2.95. The molecule has 25 heavy (non-hydrogen) atoms. The molecule has 130 valence electrons.